The minimum absolute atomic E-state index is 0.0514. The normalized spacial score (nSPS) is 12.4. The molecule has 0 aromatic rings. The van der Waals surface area contributed by atoms with Gasteiger partial charge in [0.1, 0.15) is 0 Å². The maximum atomic E-state index is 8.66. The highest BCUT2D eigenvalue weighted by atomic mass is 15.2. The summed E-state index contributed by atoms with van der Waals surface area (Å²) in [6, 6.07) is 0. The molecule has 0 aliphatic carbocycles. The Hall–Kier alpha value is -1.28. The van der Waals surface area contributed by atoms with Gasteiger partial charge in [-0.05, 0) is 47.3 Å². The molecule has 0 aromatic heterocycles. The Bertz CT molecular complexity index is 275. The Balaban J connectivity index is 4.23. The number of nitrogens with one attached hydrogen (secondary N) is 2. The van der Waals surface area contributed by atoms with Crippen LogP contribution in [-0.2, 0) is 0 Å². The van der Waals surface area contributed by atoms with Crippen LogP contribution in [0.3, 0.4) is 0 Å². The van der Waals surface area contributed by atoms with E-state index >= 15 is 0 Å². The van der Waals surface area contributed by atoms with Crippen molar-refractivity contribution in [3.8, 4) is 6.19 Å². The second-order valence-corrected chi connectivity index (χ2v) is 4.99. The first-order valence-corrected chi connectivity index (χ1v) is 6.03. The number of guanidine groups is 1. The number of hydrogen-bond acceptors (Lipinski definition) is 3. The van der Waals surface area contributed by atoms with Crippen molar-refractivity contribution in [1.29, 1.82) is 5.26 Å². The number of nitrogens with zero attached hydrogens (tertiary/aromatic N) is 3. The third-order valence-corrected chi connectivity index (χ3v) is 2.55. The Kier molecular flexibility index (Phi) is 7.31. The molecular formula is C12H25N5. The smallest absolute Gasteiger partial charge is 0.205 e. The molecule has 0 heterocycles. The summed E-state index contributed by atoms with van der Waals surface area (Å²) in [4.78, 5) is 6.49. The van der Waals surface area contributed by atoms with E-state index in [-0.39, 0.29) is 5.54 Å². The van der Waals surface area contributed by atoms with E-state index in [9.17, 15) is 0 Å². The lowest BCUT2D eigenvalue weighted by atomic mass is 10.0. The van der Waals surface area contributed by atoms with E-state index in [0.29, 0.717) is 5.96 Å². The summed E-state index contributed by atoms with van der Waals surface area (Å²) in [6.07, 6.45) is 3.86. The van der Waals surface area contributed by atoms with E-state index in [2.05, 4.69) is 41.3 Å². The molecule has 5 nitrogen and oxygen atoms in total. The van der Waals surface area contributed by atoms with Gasteiger partial charge in [-0.25, -0.2) is 0 Å². The van der Waals surface area contributed by atoms with Gasteiger partial charge < -0.3 is 10.2 Å². The van der Waals surface area contributed by atoms with Gasteiger partial charge in [0.15, 0.2) is 6.19 Å². The first-order chi connectivity index (χ1) is 7.91. The van der Waals surface area contributed by atoms with Crippen LogP contribution in [0.4, 0.5) is 0 Å². The van der Waals surface area contributed by atoms with Gasteiger partial charge >= 0.3 is 0 Å². The zero-order valence-electron chi connectivity index (χ0n) is 11.7. The molecule has 0 radical (unpaired) electrons. The molecule has 0 unspecified atom stereocenters. The summed E-state index contributed by atoms with van der Waals surface area (Å²) in [5, 5.41) is 14.5. The topological polar surface area (TPSA) is 63.5 Å². The second kappa shape index (κ2) is 7.91. The minimum atomic E-state index is -0.0514. The Labute approximate surface area is 105 Å². The molecule has 0 saturated heterocycles. The predicted octanol–water partition coefficient (Wildman–Crippen LogP) is 1.14. The van der Waals surface area contributed by atoms with Crippen molar-refractivity contribution in [1.82, 2.24) is 15.5 Å². The largest absolute Gasteiger partial charge is 0.351 e. The van der Waals surface area contributed by atoms with Crippen molar-refractivity contribution in [2.45, 2.75) is 39.2 Å². The molecule has 0 fully saturated rings. The summed E-state index contributed by atoms with van der Waals surface area (Å²) < 4.78 is 0. The lowest BCUT2D eigenvalue weighted by Gasteiger charge is -2.25. The molecule has 0 bridgehead atoms. The summed E-state index contributed by atoms with van der Waals surface area (Å²) >= 11 is 0. The van der Waals surface area contributed by atoms with Crippen LogP contribution in [0.1, 0.15) is 33.6 Å². The monoisotopic (exact) mass is 239 g/mol. The Morgan fingerprint density at radius 2 is 2.06 bits per heavy atom. The molecule has 0 aromatic carbocycles. The van der Waals surface area contributed by atoms with Crippen molar-refractivity contribution in [2.24, 2.45) is 4.99 Å². The molecule has 0 aliphatic rings. The highest BCUT2D eigenvalue weighted by molar-refractivity contribution is 5.81. The first-order valence-electron chi connectivity index (χ1n) is 6.03. The average Bonchev–Trinajstić information content (AvgIpc) is 2.24. The van der Waals surface area contributed by atoms with Crippen molar-refractivity contribution in [3.05, 3.63) is 0 Å². The van der Waals surface area contributed by atoms with Crippen molar-refractivity contribution in [3.63, 3.8) is 0 Å². The van der Waals surface area contributed by atoms with Gasteiger partial charge in [-0.15, -0.1) is 0 Å². The second-order valence-electron chi connectivity index (χ2n) is 4.99. The molecule has 17 heavy (non-hydrogen) atoms. The van der Waals surface area contributed by atoms with E-state index < -0.39 is 0 Å². The standard InChI is InChI=1S/C12H25N5/c1-6-12(2,3)16-11(15-10-13)14-8-7-9-17(4)5/h6-9H2,1-5H3,(H2,14,15,16). The molecule has 98 valence electrons. The van der Waals surface area contributed by atoms with Crippen LogP contribution in [0, 0.1) is 11.5 Å². The van der Waals surface area contributed by atoms with E-state index in [1.54, 1.807) is 0 Å². The van der Waals surface area contributed by atoms with E-state index in [1.807, 2.05) is 20.3 Å². The fourth-order valence-corrected chi connectivity index (χ4v) is 1.15. The number of hydrogen-bond donors (Lipinski definition) is 2. The van der Waals surface area contributed by atoms with Gasteiger partial charge in [-0.3, -0.25) is 10.3 Å². The van der Waals surface area contributed by atoms with Gasteiger partial charge in [-0.2, -0.15) is 5.26 Å². The molecule has 5 heteroatoms. The average molecular weight is 239 g/mol. The quantitative estimate of drug-likeness (QED) is 0.240. The van der Waals surface area contributed by atoms with Gasteiger partial charge in [0.25, 0.3) is 0 Å². The third kappa shape index (κ3) is 8.52. The molecule has 2 N–H and O–H groups in total. The molecule has 0 amide bonds. The lowest BCUT2D eigenvalue weighted by molar-refractivity contribution is 0.402. The van der Waals surface area contributed by atoms with Crippen LogP contribution in [-0.4, -0.2) is 43.6 Å². The van der Waals surface area contributed by atoms with E-state index in [1.165, 1.54) is 0 Å². The zero-order chi connectivity index (χ0) is 13.3. The van der Waals surface area contributed by atoms with Crippen LogP contribution in [0.15, 0.2) is 4.99 Å². The molecule has 0 atom stereocenters. The molecule has 0 spiro atoms. The summed E-state index contributed by atoms with van der Waals surface area (Å²) in [7, 11) is 4.08. The zero-order valence-corrected chi connectivity index (χ0v) is 11.7. The maximum absolute atomic E-state index is 8.66. The molecule has 0 rings (SSSR count). The van der Waals surface area contributed by atoms with E-state index in [4.69, 9.17) is 5.26 Å². The highest BCUT2D eigenvalue weighted by Crippen LogP contribution is 2.06. The summed E-state index contributed by atoms with van der Waals surface area (Å²) in [5.41, 5.74) is -0.0514. The first kappa shape index (κ1) is 15.7. The van der Waals surface area contributed by atoms with Crippen LogP contribution >= 0.6 is 0 Å². The van der Waals surface area contributed by atoms with Gasteiger partial charge in [0.2, 0.25) is 5.96 Å². The fraction of sp³-hybridized carbons (Fsp3) is 0.833. The van der Waals surface area contributed by atoms with Crippen molar-refractivity contribution >= 4 is 5.96 Å². The minimum Gasteiger partial charge on any atom is -0.351 e. The number of nitriles is 1. The van der Waals surface area contributed by atoms with Crippen LogP contribution < -0.4 is 10.6 Å². The highest BCUT2D eigenvalue weighted by Gasteiger charge is 2.16. The van der Waals surface area contributed by atoms with Gasteiger partial charge in [-0.1, -0.05) is 6.92 Å². The van der Waals surface area contributed by atoms with Crippen molar-refractivity contribution in [2.75, 3.05) is 27.2 Å². The Morgan fingerprint density at radius 1 is 1.41 bits per heavy atom. The molecule has 0 aliphatic heterocycles. The Morgan fingerprint density at radius 3 is 2.53 bits per heavy atom. The lowest BCUT2D eigenvalue weighted by Crippen LogP contribution is -2.48. The maximum Gasteiger partial charge on any atom is 0.205 e. The number of rotatable bonds is 6. The fourth-order valence-electron chi connectivity index (χ4n) is 1.15. The predicted molar refractivity (Wildman–Crippen MR) is 71.7 cm³/mol. The SMILES string of the molecule is CCC(C)(C)NC(=NCCCN(C)C)NC#N. The number of aliphatic imine (C=N–C) groups is 1. The van der Waals surface area contributed by atoms with Gasteiger partial charge in [0.05, 0.1) is 0 Å². The summed E-state index contributed by atoms with van der Waals surface area (Å²) in [5.74, 6) is 0.568. The van der Waals surface area contributed by atoms with Crippen LogP contribution in [0.5, 0.6) is 0 Å². The van der Waals surface area contributed by atoms with Crippen LogP contribution in [0.2, 0.25) is 0 Å². The third-order valence-electron chi connectivity index (χ3n) is 2.55. The van der Waals surface area contributed by atoms with Gasteiger partial charge in [0, 0.05) is 12.1 Å². The van der Waals surface area contributed by atoms with Crippen LogP contribution in [0.25, 0.3) is 0 Å². The molecule has 0 saturated carbocycles. The van der Waals surface area contributed by atoms with Crippen molar-refractivity contribution < 1.29 is 0 Å². The summed E-state index contributed by atoms with van der Waals surface area (Å²) in [6.45, 7) is 7.99. The molecular weight excluding hydrogens is 214 g/mol. The van der Waals surface area contributed by atoms with E-state index in [0.717, 1.165) is 25.9 Å².